The molecular formula is C5H9IN2O. The molecule has 1 N–H and O–H groups in total. The molecule has 1 rings (SSSR count). The van der Waals surface area contributed by atoms with Crippen LogP contribution in [-0.4, -0.2) is 12.9 Å². The Morgan fingerprint density at radius 2 is 2.44 bits per heavy atom. The summed E-state index contributed by atoms with van der Waals surface area (Å²) in [7, 11) is 1.60. The highest BCUT2D eigenvalue weighted by Gasteiger charge is 2.27. The lowest BCUT2D eigenvalue weighted by Crippen LogP contribution is -2.22. The Kier molecular flexibility index (Phi) is 2.71. The largest absolute Gasteiger partial charge is 0.278 e. The third-order valence-corrected chi connectivity index (χ3v) is 1.78. The van der Waals surface area contributed by atoms with E-state index in [-0.39, 0.29) is 0 Å². The van der Waals surface area contributed by atoms with Crippen molar-refractivity contribution in [1.82, 2.24) is 5.48 Å². The smallest absolute Gasteiger partial charge is 0.135 e. The quantitative estimate of drug-likeness (QED) is 0.341. The van der Waals surface area contributed by atoms with Gasteiger partial charge in [0.2, 0.25) is 0 Å². The minimum atomic E-state index is 0.641. The Bertz CT molecular complexity index is 122. The van der Waals surface area contributed by atoms with Gasteiger partial charge < -0.3 is 0 Å². The molecule has 9 heavy (non-hydrogen) atoms. The summed E-state index contributed by atoms with van der Waals surface area (Å²) in [6.45, 7) is 0. The molecule has 0 saturated heterocycles. The monoisotopic (exact) mass is 240 g/mol. The second-order valence-electron chi connectivity index (χ2n) is 2.05. The van der Waals surface area contributed by atoms with Gasteiger partial charge in [0.1, 0.15) is 5.84 Å². The molecular weight excluding hydrogens is 231 g/mol. The summed E-state index contributed by atoms with van der Waals surface area (Å²) in [5.41, 5.74) is 2.74. The number of amidine groups is 1. The number of nitrogens with one attached hydrogen (secondary N) is 1. The van der Waals surface area contributed by atoms with Crippen molar-refractivity contribution in [3.63, 3.8) is 0 Å². The zero-order valence-corrected chi connectivity index (χ0v) is 7.38. The minimum Gasteiger partial charge on any atom is -0.278 e. The molecule has 1 fully saturated rings. The van der Waals surface area contributed by atoms with E-state index in [0.29, 0.717) is 5.92 Å². The van der Waals surface area contributed by atoms with Crippen molar-refractivity contribution in [2.24, 2.45) is 9.12 Å². The Labute approximate surface area is 68.3 Å². The van der Waals surface area contributed by atoms with E-state index in [0.717, 1.165) is 5.84 Å². The van der Waals surface area contributed by atoms with E-state index < -0.39 is 0 Å². The maximum Gasteiger partial charge on any atom is 0.135 e. The van der Waals surface area contributed by atoms with Gasteiger partial charge in [0, 0.05) is 5.92 Å². The van der Waals surface area contributed by atoms with Gasteiger partial charge in [-0.05, 0) is 12.8 Å². The number of hydrogen-bond donors (Lipinski definition) is 1. The summed E-state index contributed by atoms with van der Waals surface area (Å²) in [6.07, 6.45) is 2.50. The lowest BCUT2D eigenvalue weighted by Gasteiger charge is -2.01. The molecule has 0 aromatic carbocycles. The van der Waals surface area contributed by atoms with Crippen LogP contribution < -0.4 is 5.48 Å². The van der Waals surface area contributed by atoms with Crippen LogP contribution in [0, 0.1) is 5.92 Å². The van der Waals surface area contributed by atoms with Crippen LogP contribution in [0.3, 0.4) is 0 Å². The molecule has 0 atom stereocenters. The van der Waals surface area contributed by atoms with E-state index in [1.165, 1.54) is 12.8 Å². The molecule has 0 aromatic heterocycles. The van der Waals surface area contributed by atoms with E-state index in [9.17, 15) is 0 Å². The van der Waals surface area contributed by atoms with Gasteiger partial charge in [-0.3, -0.25) is 10.3 Å². The van der Waals surface area contributed by atoms with Crippen LogP contribution in [0.4, 0.5) is 0 Å². The summed E-state index contributed by atoms with van der Waals surface area (Å²) >= 11 is 1.97. The molecule has 0 amide bonds. The normalized spacial score (nSPS) is 20.0. The topological polar surface area (TPSA) is 33.6 Å². The van der Waals surface area contributed by atoms with Gasteiger partial charge in [0.15, 0.2) is 0 Å². The molecule has 1 aliphatic rings. The first-order valence-corrected chi connectivity index (χ1v) is 3.83. The highest BCUT2D eigenvalue weighted by Crippen LogP contribution is 2.30. The van der Waals surface area contributed by atoms with Gasteiger partial charge in [-0.2, -0.15) is 3.21 Å². The summed E-state index contributed by atoms with van der Waals surface area (Å²) in [4.78, 5) is 4.71. The molecule has 0 bridgehead atoms. The Hall–Kier alpha value is 0.160. The molecule has 0 spiro atoms. The summed E-state index contributed by atoms with van der Waals surface area (Å²) in [5, 5.41) is 0. The lowest BCUT2D eigenvalue weighted by molar-refractivity contribution is 0.142. The fraction of sp³-hybridized carbons (Fsp3) is 0.800. The van der Waals surface area contributed by atoms with Crippen molar-refractivity contribution >= 4 is 28.7 Å². The Morgan fingerprint density at radius 1 is 1.78 bits per heavy atom. The van der Waals surface area contributed by atoms with Gasteiger partial charge in [-0.15, -0.1) is 0 Å². The summed E-state index contributed by atoms with van der Waals surface area (Å²) in [6, 6.07) is 0. The zero-order valence-electron chi connectivity index (χ0n) is 5.22. The summed E-state index contributed by atoms with van der Waals surface area (Å²) in [5.74, 6) is 1.61. The predicted octanol–water partition coefficient (Wildman–Crippen LogP) is 1.30. The van der Waals surface area contributed by atoms with Crippen LogP contribution in [0.1, 0.15) is 12.8 Å². The Morgan fingerprint density at radius 3 is 2.78 bits per heavy atom. The van der Waals surface area contributed by atoms with Crippen molar-refractivity contribution in [2.75, 3.05) is 7.11 Å². The number of halogens is 1. The molecule has 0 heterocycles. The number of hydroxylamine groups is 1. The van der Waals surface area contributed by atoms with Gasteiger partial charge in [0.25, 0.3) is 0 Å². The molecule has 1 saturated carbocycles. The van der Waals surface area contributed by atoms with Crippen LogP contribution in [0.2, 0.25) is 0 Å². The van der Waals surface area contributed by atoms with E-state index >= 15 is 0 Å². The SMILES string of the molecule is CONC(=NI)C1CC1. The molecule has 0 radical (unpaired) electrons. The fourth-order valence-corrected chi connectivity index (χ4v) is 1.12. The van der Waals surface area contributed by atoms with Crippen LogP contribution in [0.5, 0.6) is 0 Å². The minimum absolute atomic E-state index is 0.641. The van der Waals surface area contributed by atoms with E-state index in [1.807, 2.05) is 22.9 Å². The fourth-order valence-electron chi connectivity index (χ4n) is 0.631. The summed E-state index contributed by atoms with van der Waals surface area (Å²) < 4.78 is 3.99. The third-order valence-electron chi connectivity index (χ3n) is 1.26. The maximum atomic E-state index is 4.71. The number of rotatable bonds is 2. The van der Waals surface area contributed by atoms with Crippen molar-refractivity contribution in [3.8, 4) is 0 Å². The van der Waals surface area contributed by atoms with Crippen molar-refractivity contribution in [1.29, 1.82) is 0 Å². The predicted molar refractivity (Wildman–Crippen MR) is 44.3 cm³/mol. The van der Waals surface area contributed by atoms with Crippen LogP contribution in [0.15, 0.2) is 3.21 Å². The van der Waals surface area contributed by atoms with Crippen LogP contribution in [-0.2, 0) is 4.84 Å². The second kappa shape index (κ2) is 3.36. The molecule has 3 nitrogen and oxygen atoms in total. The first-order chi connectivity index (χ1) is 4.38. The van der Waals surface area contributed by atoms with E-state index in [4.69, 9.17) is 4.84 Å². The van der Waals surface area contributed by atoms with E-state index in [1.54, 1.807) is 7.11 Å². The molecule has 0 aromatic rings. The standard InChI is InChI=1S/C5H9IN2O/c1-9-8-5(7-6)4-2-3-4/h4H,2-3H2,1H3,(H,7,8). The second-order valence-corrected chi connectivity index (χ2v) is 2.53. The highest BCUT2D eigenvalue weighted by atomic mass is 127. The van der Waals surface area contributed by atoms with Gasteiger partial charge in [-0.1, -0.05) is 0 Å². The highest BCUT2D eigenvalue weighted by molar-refractivity contribution is 14.1. The molecule has 52 valence electrons. The van der Waals surface area contributed by atoms with E-state index in [2.05, 4.69) is 8.69 Å². The molecule has 0 unspecified atom stereocenters. The van der Waals surface area contributed by atoms with Crippen LogP contribution in [0.25, 0.3) is 0 Å². The van der Waals surface area contributed by atoms with Crippen molar-refractivity contribution in [2.45, 2.75) is 12.8 Å². The first-order valence-electron chi connectivity index (χ1n) is 2.86. The zero-order chi connectivity index (χ0) is 6.69. The average molecular weight is 240 g/mol. The Balaban J connectivity index is 2.30. The number of hydrogen-bond acceptors (Lipinski definition) is 2. The lowest BCUT2D eigenvalue weighted by atomic mass is 10.4. The average Bonchev–Trinajstić information content (AvgIpc) is 2.64. The molecule has 0 aliphatic heterocycles. The maximum absolute atomic E-state index is 4.71. The first kappa shape index (κ1) is 7.27. The van der Waals surface area contributed by atoms with Crippen molar-refractivity contribution in [3.05, 3.63) is 0 Å². The molecule has 4 heteroatoms. The third kappa shape index (κ3) is 2.09. The van der Waals surface area contributed by atoms with Gasteiger partial charge in [-0.25, -0.2) is 0 Å². The molecule has 1 aliphatic carbocycles. The van der Waals surface area contributed by atoms with Gasteiger partial charge >= 0.3 is 0 Å². The van der Waals surface area contributed by atoms with Crippen molar-refractivity contribution < 1.29 is 4.84 Å². The number of nitrogens with zero attached hydrogens (tertiary/aromatic N) is 1. The van der Waals surface area contributed by atoms with Gasteiger partial charge in [0.05, 0.1) is 30.0 Å². The van der Waals surface area contributed by atoms with Crippen LogP contribution >= 0.6 is 22.9 Å².